The molecule has 2 aliphatic rings. The molecule has 1 atom stereocenters. The minimum Gasteiger partial charge on any atom is -0.356 e. The molecule has 2 aliphatic heterocycles. The molecular formula is C12H18N4. The largest absolute Gasteiger partial charge is 0.356 e. The summed E-state index contributed by atoms with van der Waals surface area (Å²) in [7, 11) is 0. The average molecular weight is 218 g/mol. The molecular weight excluding hydrogens is 200 g/mol. The summed E-state index contributed by atoms with van der Waals surface area (Å²) in [4.78, 5) is 11.1. The first kappa shape index (κ1) is 10.0. The van der Waals surface area contributed by atoms with Gasteiger partial charge in [-0.25, -0.2) is 9.97 Å². The highest BCUT2D eigenvalue weighted by Crippen LogP contribution is 2.37. The van der Waals surface area contributed by atoms with Crippen LogP contribution in [0.1, 0.15) is 18.7 Å². The Balaban J connectivity index is 1.78. The van der Waals surface area contributed by atoms with E-state index in [1.54, 1.807) is 0 Å². The fraction of sp³-hybridized carbons (Fsp3) is 0.667. The number of hydrogen-bond donors (Lipinski definition) is 1. The van der Waals surface area contributed by atoms with Crippen molar-refractivity contribution in [1.82, 2.24) is 15.3 Å². The van der Waals surface area contributed by atoms with Crippen molar-refractivity contribution in [2.45, 2.75) is 19.8 Å². The van der Waals surface area contributed by atoms with Crippen molar-refractivity contribution in [2.75, 3.05) is 31.1 Å². The summed E-state index contributed by atoms with van der Waals surface area (Å²) >= 11 is 0. The van der Waals surface area contributed by atoms with Gasteiger partial charge < -0.3 is 10.2 Å². The maximum absolute atomic E-state index is 4.50. The van der Waals surface area contributed by atoms with Crippen LogP contribution in [0.4, 0.5) is 5.82 Å². The number of hydrogen-bond acceptors (Lipinski definition) is 4. The molecule has 1 aromatic heterocycles. The summed E-state index contributed by atoms with van der Waals surface area (Å²) in [6, 6.07) is 2.02. The van der Waals surface area contributed by atoms with Crippen molar-refractivity contribution in [3.63, 3.8) is 0 Å². The Morgan fingerprint density at radius 2 is 2.38 bits per heavy atom. The third kappa shape index (κ3) is 1.67. The Morgan fingerprint density at radius 1 is 1.44 bits per heavy atom. The fourth-order valence-corrected chi connectivity index (χ4v) is 2.89. The molecule has 1 aromatic rings. The predicted molar refractivity (Wildman–Crippen MR) is 63.5 cm³/mol. The van der Waals surface area contributed by atoms with Crippen LogP contribution in [-0.4, -0.2) is 36.1 Å². The minimum absolute atomic E-state index is 0.513. The van der Waals surface area contributed by atoms with Gasteiger partial charge in [0.25, 0.3) is 0 Å². The van der Waals surface area contributed by atoms with Gasteiger partial charge in [-0.05, 0) is 32.4 Å². The van der Waals surface area contributed by atoms with Crippen LogP contribution in [0.15, 0.2) is 12.3 Å². The van der Waals surface area contributed by atoms with Crippen LogP contribution in [0.3, 0.4) is 0 Å². The van der Waals surface area contributed by atoms with E-state index in [0.29, 0.717) is 5.41 Å². The molecule has 0 bridgehead atoms. The van der Waals surface area contributed by atoms with Crippen molar-refractivity contribution >= 4 is 5.82 Å². The maximum atomic E-state index is 4.50. The van der Waals surface area contributed by atoms with Crippen LogP contribution >= 0.6 is 0 Å². The van der Waals surface area contributed by atoms with Crippen LogP contribution in [0.25, 0.3) is 0 Å². The Labute approximate surface area is 96.1 Å². The molecule has 3 heterocycles. The molecule has 86 valence electrons. The number of nitrogens with zero attached hydrogens (tertiary/aromatic N) is 3. The zero-order valence-electron chi connectivity index (χ0n) is 9.74. The van der Waals surface area contributed by atoms with Gasteiger partial charge in [0.2, 0.25) is 0 Å². The monoisotopic (exact) mass is 218 g/mol. The summed E-state index contributed by atoms with van der Waals surface area (Å²) in [5, 5.41) is 3.48. The third-order valence-corrected chi connectivity index (χ3v) is 3.86. The van der Waals surface area contributed by atoms with E-state index in [1.807, 2.05) is 19.2 Å². The SMILES string of the molecule is Cc1nccc(N2CCC3(CCNC3)C2)n1. The van der Waals surface area contributed by atoms with Gasteiger partial charge in [-0.1, -0.05) is 0 Å². The zero-order valence-corrected chi connectivity index (χ0v) is 9.74. The molecule has 0 aliphatic carbocycles. The summed E-state index contributed by atoms with van der Waals surface area (Å²) in [5.41, 5.74) is 0.513. The molecule has 16 heavy (non-hydrogen) atoms. The van der Waals surface area contributed by atoms with E-state index >= 15 is 0 Å². The number of rotatable bonds is 1. The van der Waals surface area contributed by atoms with Crippen molar-refractivity contribution < 1.29 is 0 Å². The smallest absolute Gasteiger partial charge is 0.132 e. The Bertz CT molecular complexity index is 384. The van der Waals surface area contributed by atoms with E-state index in [0.717, 1.165) is 24.7 Å². The first-order valence-corrected chi connectivity index (χ1v) is 6.03. The van der Waals surface area contributed by atoms with Gasteiger partial charge in [-0.15, -0.1) is 0 Å². The Morgan fingerprint density at radius 3 is 3.12 bits per heavy atom. The van der Waals surface area contributed by atoms with E-state index in [-0.39, 0.29) is 0 Å². The van der Waals surface area contributed by atoms with E-state index in [4.69, 9.17) is 0 Å². The van der Waals surface area contributed by atoms with Gasteiger partial charge in [0.15, 0.2) is 0 Å². The van der Waals surface area contributed by atoms with E-state index < -0.39 is 0 Å². The average Bonchev–Trinajstić information content (AvgIpc) is 2.90. The second-order valence-electron chi connectivity index (χ2n) is 5.06. The second-order valence-corrected chi connectivity index (χ2v) is 5.06. The highest BCUT2D eigenvalue weighted by Gasteiger charge is 2.40. The van der Waals surface area contributed by atoms with Gasteiger partial charge in [-0.2, -0.15) is 0 Å². The van der Waals surface area contributed by atoms with Crippen LogP contribution in [-0.2, 0) is 0 Å². The molecule has 2 saturated heterocycles. The maximum Gasteiger partial charge on any atom is 0.132 e. The topological polar surface area (TPSA) is 41.1 Å². The van der Waals surface area contributed by atoms with Crippen LogP contribution in [0.2, 0.25) is 0 Å². The van der Waals surface area contributed by atoms with E-state index in [1.165, 1.54) is 25.9 Å². The number of anilines is 1. The summed E-state index contributed by atoms with van der Waals surface area (Å²) < 4.78 is 0. The lowest BCUT2D eigenvalue weighted by molar-refractivity contribution is 0.369. The lowest BCUT2D eigenvalue weighted by Crippen LogP contribution is -2.29. The van der Waals surface area contributed by atoms with Gasteiger partial charge in [0.05, 0.1) is 0 Å². The molecule has 2 fully saturated rings. The standard InChI is InChI=1S/C12H18N4/c1-10-14-5-2-11(15-10)16-7-4-12(9-16)3-6-13-8-12/h2,5,13H,3-4,6-9H2,1H3. The quantitative estimate of drug-likeness (QED) is 0.762. The Hall–Kier alpha value is -1.16. The lowest BCUT2D eigenvalue weighted by Gasteiger charge is -2.23. The third-order valence-electron chi connectivity index (χ3n) is 3.86. The van der Waals surface area contributed by atoms with Crippen LogP contribution in [0.5, 0.6) is 0 Å². The first-order valence-electron chi connectivity index (χ1n) is 6.03. The molecule has 1 unspecified atom stereocenters. The van der Waals surface area contributed by atoms with Gasteiger partial charge in [0.1, 0.15) is 11.6 Å². The molecule has 3 rings (SSSR count). The minimum atomic E-state index is 0.513. The normalized spacial score (nSPS) is 29.2. The van der Waals surface area contributed by atoms with Crippen LogP contribution < -0.4 is 10.2 Å². The van der Waals surface area contributed by atoms with Crippen LogP contribution in [0, 0.1) is 12.3 Å². The van der Waals surface area contributed by atoms with Crippen molar-refractivity contribution in [3.8, 4) is 0 Å². The van der Waals surface area contributed by atoms with Gasteiger partial charge in [0, 0.05) is 31.2 Å². The fourth-order valence-electron chi connectivity index (χ4n) is 2.89. The second kappa shape index (κ2) is 3.70. The number of nitrogens with one attached hydrogen (secondary N) is 1. The zero-order chi connectivity index (χ0) is 11.0. The molecule has 1 spiro atoms. The summed E-state index contributed by atoms with van der Waals surface area (Å²) in [6.07, 6.45) is 4.46. The molecule has 0 aromatic carbocycles. The van der Waals surface area contributed by atoms with Crippen molar-refractivity contribution in [3.05, 3.63) is 18.1 Å². The molecule has 1 N–H and O–H groups in total. The number of aryl methyl sites for hydroxylation is 1. The molecule has 4 nitrogen and oxygen atoms in total. The molecule has 4 heteroatoms. The highest BCUT2D eigenvalue weighted by molar-refractivity contribution is 5.39. The first-order chi connectivity index (χ1) is 7.77. The number of aromatic nitrogens is 2. The van der Waals surface area contributed by atoms with Gasteiger partial charge >= 0.3 is 0 Å². The summed E-state index contributed by atoms with van der Waals surface area (Å²) in [6.45, 7) is 6.59. The predicted octanol–water partition coefficient (Wildman–Crippen LogP) is 0.975. The van der Waals surface area contributed by atoms with Gasteiger partial charge in [-0.3, -0.25) is 0 Å². The van der Waals surface area contributed by atoms with Crippen molar-refractivity contribution in [1.29, 1.82) is 0 Å². The summed E-state index contributed by atoms with van der Waals surface area (Å²) in [5.74, 6) is 1.96. The molecule has 0 radical (unpaired) electrons. The molecule has 0 amide bonds. The van der Waals surface area contributed by atoms with Crippen molar-refractivity contribution in [2.24, 2.45) is 5.41 Å². The Kier molecular flexibility index (Phi) is 2.32. The van der Waals surface area contributed by atoms with E-state index in [9.17, 15) is 0 Å². The van der Waals surface area contributed by atoms with E-state index in [2.05, 4.69) is 20.2 Å². The molecule has 0 saturated carbocycles. The lowest BCUT2D eigenvalue weighted by atomic mass is 9.87. The highest BCUT2D eigenvalue weighted by atomic mass is 15.2.